The molecule has 0 radical (unpaired) electrons. The number of piperazine rings is 1. The second-order valence-electron chi connectivity index (χ2n) is 5.81. The molecule has 24 heavy (non-hydrogen) atoms. The van der Waals surface area contributed by atoms with Gasteiger partial charge in [0.1, 0.15) is 0 Å². The first kappa shape index (κ1) is 16.4. The summed E-state index contributed by atoms with van der Waals surface area (Å²) in [6.45, 7) is 6.34. The molecule has 0 saturated carbocycles. The molecular formula is C17H20N4O2S. The number of benzene rings is 1. The van der Waals surface area contributed by atoms with Crippen molar-refractivity contribution in [2.24, 2.45) is 0 Å². The maximum absolute atomic E-state index is 12.7. The van der Waals surface area contributed by atoms with Gasteiger partial charge in [0.05, 0.1) is 5.69 Å². The van der Waals surface area contributed by atoms with E-state index in [4.69, 9.17) is 0 Å². The molecule has 2 aromatic rings. The van der Waals surface area contributed by atoms with E-state index >= 15 is 0 Å². The lowest BCUT2D eigenvalue weighted by Gasteiger charge is -2.34. The van der Waals surface area contributed by atoms with E-state index < -0.39 is 0 Å². The highest BCUT2D eigenvalue weighted by Gasteiger charge is 2.23. The lowest BCUT2D eigenvalue weighted by Crippen LogP contribution is -2.48. The molecule has 1 aromatic carbocycles. The summed E-state index contributed by atoms with van der Waals surface area (Å²) in [7, 11) is 0. The van der Waals surface area contributed by atoms with Crippen LogP contribution >= 0.6 is 11.3 Å². The van der Waals surface area contributed by atoms with Crippen LogP contribution in [0.15, 0.2) is 29.6 Å². The molecule has 0 unspecified atom stereocenters. The molecule has 7 heteroatoms. The molecule has 6 nitrogen and oxygen atoms in total. The highest BCUT2D eigenvalue weighted by atomic mass is 32.1. The normalized spacial score (nSPS) is 14.6. The summed E-state index contributed by atoms with van der Waals surface area (Å²) < 4.78 is 0. The number of aryl methyl sites for hydroxylation is 1. The third kappa shape index (κ3) is 3.73. The summed E-state index contributed by atoms with van der Waals surface area (Å²) in [5.74, 6) is -0.149. The van der Waals surface area contributed by atoms with Crippen molar-refractivity contribution in [2.75, 3.05) is 36.4 Å². The van der Waals surface area contributed by atoms with Crippen LogP contribution in [0.5, 0.6) is 0 Å². The molecular weight excluding hydrogens is 324 g/mol. The number of carbonyl (C=O) groups excluding carboxylic acids is 2. The van der Waals surface area contributed by atoms with E-state index in [1.807, 2.05) is 17.2 Å². The molecule has 2 heterocycles. The third-order valence-corrected chi connectivity index (χ3v) is 4.89. The van der Waals surface area contributed by atoms with Crippen LogP contribution in [0, 0.1) is 6.92 Å². The Bertz CT molecular complexity index is 751. The Hall–Kier alpha value is -2.41. The van der Waals surface area contributed by atoms with Crippen LogP contribution in [-0.2, 0) is 4.79 Å². The number of thiazole rings is 1. The van der Waals surface area contributed by atoms with Crippen molar-refractivity contribution in [2.45, 2.75) is 13.8 Å². The molecule has 0 atom stereocenters. The Morgan fingerprint density at radius 3 is 2.58 bits per heavy atom. The topological polar surface area (TPSA) is 65.5 Å². The fourth-order valence-electron chi connectivity index (χ4n) is 2.70. The monoisotopic (exact) mass is 344 g/mol. The van der Waals surface area contributed by atoms with Crippen molar-refractivity contribution in [1.82, 2.24) is 9.88 Å². The summed E-state index contributed by atoms with van der Waals surface area (Å²) >= 11 is 1.64. The first-order chi connectivity index (χ1) is 11.5. The molecule has 126 valence electrons. The molecule has 3 rings (SSSR count). The fraction of sp³-hybridized carbons (Fsp3) is 0.353. The predicted molar refractivity (Wildman–Crippen MR) is 95.7 cm³/mol. The van der Waals surface area contributed by atoms with Crippen LogP contribution < -0.4 is 10.2 Å². The van der Waals surface area contributed by atoms with Crippen molar-refractivity contribution in [3.8, 4) is 0 Å². The van der Waals surface area contributed by atoms with E-state index in [1.165, 1.54) is 6.92 Å². The maximum atomic E-state index is 12.7. The minimum Gasteiger partial charge on any atom is -0.345 e. The molecule has 1 saturated heterocycles. The summed E-state index contributed by atoms with van der Waals surface area (Å²) in [5.41, 5.74) is 2.27. The van der Waals surface area contributed by atoms with Gasteiger partial charge in [-0.15, -0.1) is 11.3 Å². The molecule has 1 aromatic heterocycles. The summed E-state index contributed by atoms with van der Waals surface area (Å²) in [6.07, 6.45) is 0. The zero-order chi connectivity index (χ0) is 17.1. The van der Waals surface area contributed by atoms with Gasteiger partial charge in [-0.1, -0.05) is 6.07 Å². The van der Waals surface area contributed by atoms with Gasteiger partial charge >= 0.3 is 0 Å². The standard InChI is InChI=1S/C17H20N4O2S/c1-12-11-24-17(18-12)21-8-6-20(7-9-21)16(23)14-4-3-5-15(10-14)19-13(2)22/h3-5,10-11H,6-9H2,1-2H3,(H,19,22). The summed E-state index contributed by atoms with van der Waals surface area (Å²) in [5, 5.41) is 5.77. The first-order valence-electron chi connectivity index (χ1n) is 7.87. The molecule has 0 bridgehead atoms. The van der Waals surface area contributed by atoms with Gasteiger partial charge in [0.2, 0.25) is 5.91 Å². The number of rotatable bonds is 3. The Kier molecular flexibility index (Phi) is 4.80. The highest BCUT2D eigenvalue weighted by Crippen LogP contribution is 2.22. The van der Waals surface area contributed by atoms with Gasteiger partial charge in [0.15, 0.2) is 5.13 Å². The van der Waals surface area contributed by atoms with Crippen LogP contribution in [0.25, 0.3) is 0 Å². The number of carbonyl (C=O) groups is 2. The van der Waals surface area contributed by atoms with Gasteiger partial charge in [-0.3, -0.25) is 9.59 Å². The third-order valence-electron chi connectivity index (χ3n) is 3.87. The van der Waals surface area contributed by atoms with E-state index in [9.17, 15) is 9.59 Å². The zero-order valence-corrected chi connectivity index (χ0v) is 14.6. The number of anilines is 2. The fourth-order valence-corrected chi connectivity index (χ4v) is 3.56. The van der Waals surface area contributed by atoms with Crippen LogP contribution in [0.1, 0.15) is 23.0 Å². The number of amides is 2. The molecule has 1 N–H and O–H groups in total. The van der Waals surface area contributed by atoms with Gasteiger partial charge in [0, 0.05) is 49.7 Å². The minimum atomic E-state index is -0.146. The molecule has 1 fully saturated rings. The lowest BCUT2D eigenvalue weighted by atomic mass is 10.1. The average Bonchev–Trinajstić information content (AvgIpc) is 3.00. The van der Waals surface area contributed by atoms with Crippen molar-refractivity contribution >= 4 is 34.0 Å². The molecule has 2 amide bonds. The van der Waals surface area contributed by atoms with Crippen LogP contribution in [0.3, 0.4) is 0 Å². The smallest absolute Gasteiger partial charge is 0.254 e. The van der Waals surface area contributed by atoms with Crippen molar-refractivity contribution in [1.29, 1.82) is 0 Å². The average molecular weight is 344 g/mol. The quantitative estimate of drug-likeness (QED) is 0.928. The second kappa shape index (κ2) is 7.00. The number of aromatic nitrogens is 1. The zero-order valence-electron chi connectivity index (χ0n) is 13.8. The van der Waals surface area contributed by atoms with E-state index in [-0.39, 0.29) is 11.8 Å². The van der Waals surface area contributed by atoms with Crippen LogP contribution in [0.2, 0.25) is 0 Å². The number of nitrogens with zero attached hydrogens (tertiary/aromatic N) is 3. The molecule has 0 aliphatic carbocycles. The Morgan fingerprint density at radius 2 is 1.96 bits per heavy atom. The highest BCUT2D eigenvalue weighted by molar-refractivity contribution is 7.13. The molecule has 0 spiro atoms. The van der Waals surface area contributed by atoms with Crippen LogP contribution in [0.4, 0.5) is 10.8 Å². The maximum Gasteiger partial charge on any atom is 0.254 e. The van der Waals surface area contributed by atoms with Gasteiger partial charge < -0.3 is 15.1 Å². The first-order valence-corrected chi connectivity index (χ1v) is 8.75. The van der Waals surface area contributed by atoms with E-state index in [2.05, 4.69) is 15.2 Å². The van der Waals surface area contributed by atoms with Gasteiger partial charge in [-0.25, -0.2) is 4.98 Å². The predicted octanol–water partition coefficient (Wildman–Crippen LogP) is 2.37. The SMILES string of the molecule is CC(=O)Nc1cccc(C(=O)N2CCN(c3nc(C)cs3)CC2)c1. The van der Waals surface area contributed by atoms with Gasteiger partial charge in [0.25, 0.3) is 5.91 Å². The molecule has 1 aliphatic rings. The van der Waals surface area contributed by atoms with Crippen molar-refractivity contribution in [3.05, 3.63) is 40.9 Å². The van der Waals surface area contributed by atoms with Gasteiger partial charge in [-0.05, 0) is 25.1 Å². The number of hydrogen-bond donors (Lipinski definition) is 1. The lowest BCUT2D eigenvalue weighted by molar-refractivity contribution is -0.114. The minimum absolute atomic E-state index is 0.00262. The van der Waals surface area contributed by atoms with Crippen molar-refractivity contribution < 1.29 is 9.59 Å². The largest absolute Gasteiger partial charge is 0.345 e. The van der Waals surface area contributed by atoms with E-state index in [0.29, 0.717) is 24.3 Å². The Balaban J connectivity index is 1.63. The molecule has 1 aliphatic heterocycles. The second-order valence-corrected chi connectivity index (χ2v) is 6.65. The van der Waals surface area contributed by atoms with Gasteiger partial charge in [-0.2, -0.15) is 0 Å². The Morgan fingerprint density at radius 1 is 1.21 bits per heavy atom. The Labute approximate surface area is 145 Å². The number of nitrogens with one attached hydrogen (secondary N) is 1. The van der Waals surface area contributed by atoms with Crippen LogP contribution in [-0.4, -0.2) is 47.9 Å². The summed E-state index contributed by atoms with van der Waals surface area (Å²) in [4.78, 5) is 32.4. The van der Waals surface area contributed by atoms with Crippen molar-refractivity contribution in [3.63, 3.8) is 0 Å². The number of hydrogen-bond acceptors (Lipinski definition) is 5. The summed E-state index contributed by atoms with van der Waals surface area (Å²) in [6, 6.07) is 7.07. The van der Waals surface area contributed by atoms with E-state index in [0.717, 1.165) is 23.9 Å². The van der Waals surface area contributed by atoms with E-state index in [1.54, 1.807) is 35.6 Å².